The van der Waals surface area contributed by atoms with Gasteiger partial charge in [-0.15, -0.1) is 0 Å². The Balaban J connectivity index is 1.81. The Labute approximate surface area is 129 Å². The Morgan fingerprint density at radius 2 is 1.77 bits per heavy atom. The Bertz CT molecular complexity index is 999. The number of nitrogens with zero attached hydrogens (tertiary/aromatic N) is 2. The van der Waals surface area contributed by atoms with Crippen LogP contribution in [0.3, 0.4) is 0 Å². The lowest BCUT2D eigenvalue weighted by molar-refractivity contribution is 1.09. The molecule has 1 aromatic carbocycles. The molecular weight excluding hydrogens is 302 g/mol. The first kappa shape index (κ1) is 12.8. The van der Waals surface area contributed by atoms with E-state index in [0.717, 1.165) is 16.7 Å². The van der Waals surface area contributed by atoms with Gasteiger partial charge in [-0.1, -0.05) is 35.9 Å². The summed E-state index contributed by atoms with van der Waals surface area (Å²) in [5.74, 6) is 0. The summed E-state index contributed by atoms with van der Waals surface area (Å²) in [6.07, 6.45) is 3.59. The van der Waals surface area contributed by atoms with Crippen LogP contribution in [0.4, 0.5) is 0 Å². The maximum Gasteiger partial charge on any atom is 0.325 e. The van der Waals surface area contributed by atoms with E-state index in [9.17, 15) is 4.79 Å². The Hall–Kier alpha value is -2.86. The summed E-state index contributed by atoms with van der Waals surface area (Å²) in [6.45, 7) is 0. The molecule has 0 spiro atoms. The van der Waals surface area contributed by atoms with Crippen LogP contribution in [-0.4, -0.2) is 25.1 Å². The number of benzene rings is 1. The van der Waals surface area contributed by atoms with Gasteiger partial charge in [-0.2, -0.15) is 5.10 Å². The molecule has 3 N–H and O–H groups in total. The number of halogens is 1. The fourth-order valence-electron chi connectivity index (χ4n) is 2.37. The third kappa shape index (κ3) is 2.10. The number of pyridine rings is 1. The molecule has 7 heteroatoms. The average Bonchev–Trinajstić information content (AvgIpc) is 3.15. The Morgan fingerprint density at radius 3 is 2.50 bits per heavy atom. The third-order valence-electron chi connectivity index (χ3n) is 3.45. The molecule has 0 amide bonds. The van der Waals surface area contributed by atoms with Crippen molar-refractivity contribution in [3.8, 4) is 22.4 Å². The molecular formula is C15H10ClN5O. The molecule has 4 rings (SSSR count). The molecule has 0 saturated carbocycles. The quantitative estimate of drug-likeness (QED) is 0.531. The number of rotatable bonds is 2. The average molecular weight is 312 g/mol. The predicted molar refractivity (Wildman–Crippen MR) is 84.7 cm³/mol. The lowest BCUT2D eigenvalue weighted by Crippen LogP contribution is -1.99. The largest absolute Gasteiger partial charge is 0.325 e. The van der Waals surface area contributed by atoms with Crippen molar-refractivity contribution >= 4 is 22.8 Å². The molecule has 0 aliphatic carbocycles. The second kappa shape index (κ2) is 4.85. The van der Waals surface area contributed by atoms with Gasteiger partial charge in [0, 0.05) is 17.3 Å². The standard InChI is InChI=1S/C15H10ClN5O/c16-11-5-12-14(21-15(22)19-12)20-13(11)9-3-1-8(2-4-9)10-6-17-18-7-10/h1-7H,(H,17,18)(H2,19,20,21,22). The topological polar surface area (TPSA) is 90.2 Å². The molecule has 0 fully saturated rings. The molecule has 108 valence electrons. The number of hydrogen-bond acceptors (Lipinski definition) is 3. The lowest BCUT2D eigenvalue weighted by atomic mass is 10.1. The van der Waals surface area contributed by atoms with Crippen molar-refractivity contribution in [3.63, 3.8) is 0 Å². The van der Waals surface area contributed by atoms with Gasteiger partial charge in [0.1, 0.15) is 0 Å². The molecule has 0 aliphatic rings. The molecule has 0 atom stereocenters. The molecule has 0 saturated heterocycles. The summed E-state index contributed by atoms with van der Waals surface area (Å²) in [6, 6.07) is 9.52. The van der Waals surface area contributed by atoms with Crippen molar-refractivity contribution in [3.05, 3.63) is 58.2 Å². The number of imidazole rings is 1. The van der Waals surface area contributed by atoms with E-state index in [1.807, 2.05) is 30.5 Å². The van der Waals surface area contributed by atoms with E-state index >= 15 is 0 Å². The number of H-pyrrole nitrogens is 3. The molecule has 3 heterocycles. The molecule has 0 unspecified atom stereocenters. The van der Waals surface area contributed by atoms with Crippen molar-refractivity contribution in [1.82, 2.24) is 25.1 Å². The predicted octanol–water partition coefficient (Wildman–Crippen LogP) is 2.96. The number of aromatic nitrogens is 5. The van der Waals surface area contributed by atoms with Crippen LogP contribution in [0.15, 0.2) is 47.5 Å². The fraction of sp³-hybridized carbons (Fsp3) is 0. The minimum atomic E-state index is -0.300. The first-order valence-electron chi connectivity index (χ1n) is 6.59. The number of fused-ring (bicyclic) bond motifs is 1. The highest BCUT2D eigenvalue weighted by atomic mass is 35.5. The molecule has 4 aromatic rings. The van der Waals surface area contributed by atoms with Crippen LogP contribution in [0.25, 0.3) is 33.5 Å². The van der Waals surface area contributed by atoms with Crippen molar-refractivity contribution in [1.29, 1.82) is 0 Å². The van der Waals surface area contributed by atoms with Gasteiger partial charge in [-0.05, 0) is 11.6 Å². The molecule has 0 aliphatic heterocycles. The van der Waals surface area contributed by atoms with Gasteiger partial charge in [0.05, 0.1) is 22.4 Å². The molecule has 3 aromatic heterocycles. The smallest absolute Gasteiger partial charge is 0.304 e. The van der Waals surface area contributed by atoms with Crippen molar-refractivity contribution in [2.45, 2.75) is 0 Å². The van der Waals surface area contributed by atoms with Crippen molar-refractivity contribution in [2.75, 3.05) is 0 Å². The molecule has 22 heavy (non-hydrogen) atoms. The van der Waals surface area contributed by atoms with Crippen LogP contribution in [0, 0.1) is 0 Å². The highest BCUT2D eigenvalue weighted by Gasteiger charge is 2.10. The Morgan fingerprint density at radius 1 is 1.00 bits per heavy atom. The van der Waals surface area contributed by atoms with Gasteiger partial charge in [0.25, 0.3) is 0 Å². The maximum absolute atomic E-state index is 11.3. The van der Waals surface area contributed by atoms with E-state index in [1.54, 1.807) is 12.3 Å². The zero-order valence-electron chi connectivity index (χ0n) is 11.2. The fourth-order valence-corrected chi connectivity index (χ4v) is 2.63. The second-order valence-electron chi connectivity index (χ2n) is 4.86. The van der Waals surface area contributed by atoms with E-state index in [-0.39, 0.29) is 5.69 Å². The summed E-state index contributed by atoms with van der Waals surface area (Å²) in [5, 5.41) is 7.20. The maximum atomic E-state index is 11.3. The second-order valence-corrected chi connectivity index (χ2v) is 5.27. The van der Waals surface area contributed by atoms with Crippen molar-refractivity contribution < 1.29 is 0 Å². The van der Waals surface area contributed by atoms with E-state index in [4.69, 9.17) is 11.6 Å². The van der Waals surface area contributed by atoms with Gasteiger partial charge in [-0.25, -0.2) is 9.78 Å². The van der Waals surface area contributed by atoms with Gasteiger partial charge in [-0.3, -0.25) is 10.1 Å². The van der Waals surface area contributed by atoms with Gasteiger partial charge < -0.3 is 4.98 Å². The highest BCUT2D eigenvalue weighted by Crippen LogP contribution is 2.29. The number of nitrogens with one attached hydrogen (secondary N) is 3. The zero-order chi connectivity index (χ0) is 15.1. The number of aromatic amines is 3. The first-order chi connectivity index (χ1) is 10.7. The van der Waals surface area contributed by atoms with Crippen LogP contribution in [0.5, 0.6) is 0 Å². The molecule has 0 radical (unpaired) electrons. The molecule has 0 bridgehead atoms. The molecule has 6 nitrogen and oxygen atoms in total. The lowest BCUT2D eigenvalue weighted by Gasteiger charge is -2.05. The number of hydrogen-bond donors (Lipinski definition) is 3. The third-order valence-corrected chi connectivity index (χ3v) is 3.73. The summed E-state index contributed by atoms with van der Waals surface area (Å²) in [4.78, 5) is 21.0. The first-order valence-corrected chi connectivity index (χ1v) is 6.96. The van der Waals surface area contributed by atoms with Crippen LogP contribution in [0.2, 0.25) is 5.02 Å². The summed E-state index contributed by atoms with van der Waals surface area (Å²) in [7, 11) is 0. The van der Waals surface area contributed by atoms with Crippen LogP contribution in [-0.2, 0) is 0 Å². The zero-order valence-corrected chi connectivity index (χ0v) is 12.0. The van der Waals surface area contributed by atoms with Crippen molar-refractivity contribution in [2.24, 2.45) is 0 Å². The van der Waals surface area contributed by atoms with Crippen LogP contribution in [0.1, 0.15) is 0 Å². The normalized spacial score (nSPS) is 11.1. The summed E-state index contributed by atoms with van der Waals surface area (Å²) >= 11 is 6.27. The highest BCUT2D eigenvalue weighted by molar-refractivity contribution is 6.33. The van der Waals surface area contributed by atoms with E-state index in [2.05, 4.69) is 25.1 Å². The van der Waals surface area contributed by atoms with E-state index < -0.39 is 0 Å². The van der Waals surface area contributed by atoms with Gasteiger partial charge in [0.2, 0.25) is 0 Å². The SMILES string of the molecule is O=c1[nH]c2cc(Cl)c(-c3ccc(-c4cn[nH]c4)cc3)nc2[nH]1. The van der Waals surface area contributed by atoms with Crippen LogP contribution >= 0.6 is 11.6 Å². The monoisotopic (exact) mass is 311 g/mol. The van der Waals surface area contributed by atoms with E-state index in [0.29, 0.717) is 21.9 Å². The van der Waals surface area contributed by atoms with E-state index in [1.165, 1.54) is 0 Å². The minimum Gasteiger partial charge on any atom is -0.304 e. The minimum absolute atomic E-state index is 0.300. The Kier molecular flexibility index (Phi) is 2.83. The van der Waals surface area contributed by atoms with Gasteiger partial charge in [0.15, 0.2) is 5.65 Å². The summed E-state index contributed by atoms with van der Waals surface area (Å²) in [5.41, 5.74) is 4.34. The summed E-state index contributed by atoms with van der Waals surface area (Å²) < 4.78 is 0. The van der Waals surface area contributed by atoms with Crippen LogP contribution < -0.4 is 5.69 Å². The van der Waals surface area contributed by atoms with Gasteiger partial charge >= 0.3 is 5.69 Å².